The Morgan fingerprint density at radius 1 is 1.44 bits per heavy atom. The number of amides is 1. The van der Waals surface area contributed by atoms with Crippen LogP contribution in [-0.4, -0.2) is 19.0 Å². The van der Waals surface area contributed by atoms with Crippen molar-refractivity contribution in [2.75, 3.05) is 13.1 Å². The number of hydrogen-bond donors (Lipinski definition) is 2. The lowest BCUT2D eigenvalue weighted by atomic mass is 9.88. The second kappa shape index (κ2) is 5.53. The van der Waals surface area contributed by atoms with Gasteiger partial charge in [0, 0.05) is 6.54 Å². The van der Waals surface area contributed by atoms with E-state index in [1.165, 1.54) is 5.56 Å². The van der Waals surface area contributed by atoms with E-state index in [0.29, 0.717) is 0 Å². The minimum absolute atomic E-state index is 0.121. The van der Waals surface area contributed by atoms with Crippen LogP contribution in [0.1, 0.15) is 38.3 Å². The highest BCUT2D eigenvalue weighted by molar-refractivity contribution is 5.83. The van der Waals surface area contributed by atoms with E-state index in [1.54, 1.807) is 0 Å². The minimum Gasteiger partial charge on any atom is -0.349 e. The van der Waals surface area contributed by atoms with E-state index >= 15 is 0 Å². The highest BCUT2D eigenvalue weighted by Crippen LogP contribution is 2.26. The first-order chi connectivity index (χ1) is 8.65. The number of rotatable bonds is 4. The maximum atomic E-state index is 12.4. The van der Waals surface area contributed by atoms with Crippen LogP contribution in [0.15, 0.2) is 30.3 Å². The van der Waals surface area contributed by atoms with E-state index in [9.17, 15) is 4.79 Å². The summed E-state index contributed by atoms with van der Waals surface area (Å²) in [6.07, 6.45) is 1.84. The van der Waals surface area contributed by atoms with Crippen LogP contribution in [0.25, 0.3) is 0 Å². The Kier molecular flexibility index (Phi) is 4.02. The molecule has 0 bridgehead atoms. The van der Waals surface area contributed by atoms with Crippen molar-refractivity contribution in [3.05, 3.63) is 35.9 Å². The summed E-state index contributed by atoms with van der Waals surface area (Å²) < 4.78 is 0. The topological polar surface area (TPSA) is 41.1 Å². The number of nitrogens with one attached hydrogen (secondary N) is 2. The third kappa shape index (κ3) is 2.72. The van der Waals surface area contributed by atoms with Gasteiger partial charge in [0.25, 0.3) is 0 Å². The summed E-state index contributed by atoms with van der Waals surface area (Å²) in [5.74, 6) is 0.170. The molecule has 1 aliphatic rings. The third-order valence-corrected chi connectivity index (χ3v) is 3.83. The van der Waals surface area contributed by atoms with Crippen molar-refractivity contribution in [3.63, 3.8) is 0 Å². The molecule has 1 aliphatic heterocycles. The Hall–Kier alpha value is -1.35. The lowest BCUT2D eigenvalue weighted by molar-refractivity contribution is -0.130. The quantitative estimate of drug-likeness (QED) is 0.855. The van der Waals surface area contributed by atoms with Crippen molar-refractivity contribution in [1.82, 2.24) is 10.6 Å². The van der Waals surface area contributed by atoms with E-state index < -0.39 is 0 Å². The van der Waals surface area contributed by atoms with Gasteiger partial charge in [0.1, 0.15) is 0 Å². The first kappa shape index (κ1) is 13.1. The van der Waals surface area contributed by atoms with Crippen molar-refractivity contribution < 1.29 is 4.79 Å². The highest BCUT2D eigenvalue weighted by atomic mass is 16.2. The predicted molar refractivity (Wildman–Crippen MR) is 73.2 cm³/mol. The first-order valence-corrected chi connectivity index (χ1v) is 6.72. The largest absolute Gasteiger partial charge is 0.349 e. The van der Waals surface area contributed by atoms with Crippen molar-refractivity contribution in [2.45, 2.75) is 32.7 Å². The summed E-state index contributed by atoms with van der Waals surface area (Å²) in [4.78, 5) is 12.4. The van der Waals surface area contributed by atoms with E-state index in [2.05, 4.69) is 29.7 Å². The SMILES string of the molecule is CCC(NC(=O)C1(C)CCNC1)c1ccccc1. The van der Waals surface area contributed by atoms with Crippen LogP contribution in [0.2, 0.25) is 0 Å². The molecule has 0 radical (unpaired) electrons. The van der Waals surface area contributed by atoms with Gasteiger partial charge in [-0.3, -0.25) is 4.79 Å². The summed E-state index contributed by atoms with van der Waals surface area (Å²) in [6.45, 7) is 5.86. The first-order valence-electron chi connectivity index (χ1n) is 6.72. The van der Waals surface area contributed by atoms with Gasteiger partial charge in [-0.25, -0.2) is 0 Å². The average Bonchev–Trinajstić information content (AvgIpc) is 2.85. The van der Waals surface area contributed by atoms with Gasteiger partial charge in [0.05, 0.1) is 11.5 Å². The van der Waals surface area contributed by atoms with Crippen molar-refractivity contribution in [1.29, 1.82) is 0 Å². The predicted octanol–water partition coefficient (Wildman–Crippen LogP) is 2.25. The van der Waals surface area contributed by atoms with Crippen LogP contribution in [0.5, 0.6) is 0 Å². The molecule has 2 N–H and O–H groups in total. The number of hydrogen-bond acceptors (Lipinski definition) is 2. The molecule has 1 heterocycles. The van der Waals surface area contributed by atoms with Gasteiger partial charge in [-0.05, 0) is 31.9 Å². The van der Waals surface area contributed by atoms with Gasteiger partial charge in [0.15, 0.2) is 0 Å². The normalized spacial score (nSPS) is 24.8. The fourth-order valence-electron chi connectivity index (χ4n) is 2.45. The molecule has 2 atom stereocenters. The fraction of sp³-hybridized carbons (Fsp3) is 0.533. The maximum absolute atomic E-state index is 12.4. The standard InChI is InChI=1S/C15H22N2O/c1-3-13(12-7-5-4-6-8-12)17-14(18)15(2)9-10-16-11-15/h4-8,13,16H,3,9-11H2,1-2H3,(H,17,18). The molecule has 0 saturated carbocycles. The molecule has 1 fully saturated rings. The number of benzene rings is 1. The van der Waals surface area contributed by atoms with Gasteiger partial charge in [-0.15, -0.1) is 0 Å². The highest BCUT2D eigenvalue weighted by Gasteiger charge is 2.36. The van der Waals surface area contributed by atoms with Crippen LogP contribution >= 0.6 is 0 Å². The van der Waals surface area contributed by atoms with Crippen molar-refractivity contribution >= 4 is 5.91 Å². The molecule has 1 amide bonds. The Balaban J connectivity index is 2.05. The van der Waals surface area contributed by atoms with Gasteiger partial charge in [-0.1, -0.05) is 37.3 Å². The second-order valence-electron chi connectivity index (χ2n) is 5.33. The smallest absolute Gasteiger partial charge is 0.227 e. The maximum Gasteiger partial charge on any atom is 0.227 e. The Morgan fingerprint density at radius 3 is 2.72 bits per heavy atom. The number of carbonyl (C=O) groups excluding carboxylic acids is 1. The summed E-state index contributed by atoms with van der Waals surface area (Å²) in [5.41, 5.74) is 0.935. The molecule has 0 aliphatic carbocycles. The molecule has 98 valence electrons. The molecule has 2 rings (SSSR count). The summed E-state index contributed by atoms with van der Waals surface area (Å²) in [7, 11) is 0. The minimum atomic E-state index is -0.248. The van der Waals surface area contributed by atoms with Gasteiger partial charge in [-0.2, -0.15) is 0 Å². The Bertz CT molecular complexity index is 396. The average molecular weight is 246 g/mol. The van der Waals surface area contributed by atoms with Crippen LogP contribution in [-0.2, 0) is 4.79 Å². The van der Waals surface area contributed by atoms with Crippen molar-refractivity contribution in [3.8, 4) is 0 Å². The fourth-order valence-corrected chi connectivity index (χ4v) is 2.45. The summed E-state index contributed by atoms with van der Waals surface area (Å²) in [5, 5.41) is 6.45. The van der Waals surface area contributed by atoms with Crippen LogP contribution in [0, 0.1) is 5.41 Å². The molecule has 1 saturated heterocycles. The molecule has 0 aromatic heterocycles. The van der Waals surface area contributed by atoms with Crippen LogP contribution in [0.3, 0.4) is 0 Å². The summed E-state index contributed by atoms with van der Waals surface area (Å²) >= 11 is 0. The number of carbonyl (C=O) groups is 1. The zero-order chi connectivity index (χ0) is 13.0. The molecule has 18 heavy (non-hydrogen) atoms. The molecule has 1 aromatic carbocycles. The van der Waals surface area contributed by atoms with Crippen molar-refractivity contribution in [2.24, 2.45) is 5.41 Å². The van der Waals surface area contributed by atoms with E-state index in [0.717, 1.165) is 25.9 Å². The third-order valence-electron chi connectivity index (χ3n) is 3.83. The lowest BCUT2D eigenvalue weighted by Crippen LogP contribution is -2.42. The van der Waals surface area contributed by atoms with E-state index in [-0.39, 0.29) is 17.4 Å². The molecular formula is C15H22N2O. The van der Waals surface area contributed by atoms with E-state index in [1.807, 2.05) is 25.1 Å². The molecule has 2 unspecified atom stereocenters. The Labute approximate surface area is 109 Å². The van der Waals surface area contributed by atoms with Gasteiger partial charge >= 0.3 is 0 Å². The van der Waals surface area contributed by atoms with Crippen LogP contribution in [0.4, 0.5) is 0 Å². The molecule has 1 aromatic rings. The zero-order valence-electron chi connectivity index (χ0n) is 11.2. The monoisotopic (exact) mass is 246 g/mol. The second-order valence-corrected chi connectivity index (χ2v) is 5.33. The van der Waals surface area contributed by atoms with E-state index in [4.69, 9.17) is 0 Å². The molecule has 3 heteroatoms. The molecule has 3 nitrogen and oxygen atoms in total. The van der Waals surface area contributed by atoms with Gasteiger partial charge in [0.2, 0.25) is 5.91 Å². The lowest BCUT2D eigenvalue weighted by Gasteiger charge is -2.26. The Morgan fingerprint density at radius 2 is 2.17 bits per heavy atom. The zero-order valence-corrected chi connectivity index (χ0v) is 11.2. The molecular weight excluding hydrogens is 224 g/mol. The van der Waals surface area contributed by atoms with Crippen LogP contribution < -0.4 is 10.6 Å². The molecule has 0 spiro atoms. The van der Waals surface area contributed by atoms with Gasteiger partial charge < -0.3 is 10.6 Å². The summed E-state index contributed by atoms with van der Waals surface area (Å²) in [6, 6.07) is 10.3.